The molecule has 26 heavy (non-hydrogen) atoms. The molecule has 2 heterocycles. The van der Waals surface area contributed by atoms with Crippen molar-refractivity contribution in [3.63, 3.8) is 0 Å². The molecule has 1 aromatic carbocycles. The van der Waals surface area contributed by atoms with E-state index in [0.29, 0.717) is 17.4 Å². The number of amides is 1. The second-order valence-corrected chi connectivity index (χ2v) is 6.78. The average Bonchev–Trinajstić information content (AvgIpc) is 3.13. The Hall–Kier alpha value is -2.45. The van der Waals surface area contributed by atoms with Crippen molar-refractivity contribution in [2.24, 2.45) is 0 Å². The second kappa shape index (κ2) is 8.29. The summed E-state index contributed by atoms with van der Waals surface area (Å²) in [4.78, 5) is 29.7. The monoisotopic (exact) mass is 375 g/mol. The van der Waals surface area contributed by atoms with Crippen LogP contribution in [0.5, 0.6) is 0 Å². The van der Waals surface area contributed by atoms with Crippen molar-refractivity contribution in [2.45, 2.75) is 25.8 Å². The number of thiazole rings is 1. The zero-order valence-corrected chi connectivity index (χ0v) is 15.3. The normalized spacial score (nSPS) is 14.8. The van der Waals surface area contributed by atoms with Crippen LogP contribution in [0.4, 0.5) is 9.93 Å². The molecule has 1 aliphatic heterocycles. The highest BCUT2D eigenvalue weighted by Crippen LogP contribution is 2.31. The molecule has 2 N–H and O–H groups in total. The fourth-order valence-corrected chi connectivity index (χ4v) is 3.83. The number of carboxylic acids is 1. The first-order valence-electron chi connectivity index (χ1n) is 8.56. The van der Waals surface area contributed by atoms with E-state index in [1.807, 2.05) is 5.38 Å². The molecule has 0 saturated carbocycles. The third-order valence-electron chi connectivity index (χ3n) is 4.26. The van der Waals surface area contributed by atoms with Crippen LogP contribution in [0.15, 0.2) is 29.6 Å². The van der Waals surface area contributed by atoms with Gasteiger partial charge in [-0.05, 0) is 45.0 Å². The van der Waals surface area contributed by atoms with E-state index in [4.69, 9.17) is 9.84 Å². The van der Waals surface area contributed by atoms with Crippen LogP contribution < -0.4 is 10.2 Å². The second-order valence-electron chi connectivity index (χ2n) is 5.95. The van der Waals surface area contributed by atoms with E-state index in [0.717, 1.165) is 31.5 Å². The number of carbonyl (C=O) groups excluding carboxylic acids is 1. The molecule has 138 valence electrons. The molecule has 2 aromatic rings. The molecule has 0 radical (unpaired) electrons. The van der Waals surface area contributed by atoms with Gasteiger partial charge in [-0.15, -0.1) is 11.3 Å². The molecule has 7 nitrogen and oxygen atoms in total. The molecule has 1 fully saturated rings. The Bertz CT molecular complexity index is 769. The number of aromatic nitrogens is 1. The Morgan fingerprint density at radius 1 is 1.31 bits per heavy atom. The van der Waals surface area contributed by atoms with Crippen molar-refractivity contribution in [3.05, 3.63) is 35.2 Å². The third kappa shape index (κ3) is 4.03. The standard InChI is InChI=1S/C18H21N3O4S/c1-2-25-18(24)21(14-7-9-19-10-8-14)17-20-15(11-26-17)12-3-5-13(6-4-12)16(22)23/h3-6,11,14,19H,2,7-10H2,1H3,(H,22,23). The first kappa shape index (κ1) is 18.3. The minimum atomic E-state index is -0.963. The van der Waals surface area contributed by atoms with E-state index in [2.05, 4.69) is 10.3 Å². The van der Waals surface area contributed by atoms with Crippen LogP contribution >= 0.6 is 11.3 Å². The van der Waals surface area contributed by atoms with Gasteiger partial charge >= 0.3 is 12.1 Å². The summed E-state index contributed by atoms with van der Waals surface area (Å²) in [5.74, 6) is -0.963. The number of hydrogen-bond acceptors (Lipinski definition) is 6. The summed E-state index contributed by atoms with van der Waals surface area (Å²) in [5.41, 5.74) is 1.75. The van der Waals surface area contributed by atoms with Gasteiger partial charge in [0.05, 0.1) is 17.9 Å². The summed E-state index contributed by atoms with van der Waals surface area (Å²) < 4.78 is 5.24. The fraction of sp³-hybridized carbons (Fsp3) is 0.389. The Balaban J connectivity index is 1.86. The van der Waals surface area contributed by atoms with Gasteiger partial charge in [0.15, 0.2) is 5.13 Å². The topological polar surface area (TPSA) is 91.8 Å². The van der Waals surface area contributed by atoms with Crippen molar-refractivity contribution in [2.75, 3.05) is 24.6 Å². The molecule has 1 aliphatic rings. The lowest BCUT2D eigenvalue weighted by atomic mass is 10.1. The first-order valence-corrected chi connectivity index (χ1v) is 9.44. The molecular formula is C18H21N3O4S. The average molecular weight is 375 g/mol. The van der Waals surface area contributed by atoms with Crippen molar-refractivity contribution < 1.29 is 19.4 Å². The Morgan fingerprint density at radius 3 is 2.62 bits per heavy atom. The third-order valence-corrected chi connectivity index (χ3v) is 5.10. The minimum absolute atomic E-state index is 0.0590. The number of nitrogens with one attached hydrogen (secondary N) is 1. The molecule has 1 saturated heterocycles. The summed E-state index contributed by atoms with van der Waals surface area (Å²) in [6.45, 7) is 3.82. The number of ether oxygens (including phenoxy) is 1. The van der Waals surface area contributed by atoms with E-state index in [1.54, 1.807) is 36.1 Å². The van der Waals surface area contributed by atoms with Crippen LogP contribution in [0.25, 0.3) is 11.3 Å². The fourth-order valence-electron chi connectivity index (χ4n) is 2.93. The summed E-state index contributed by atoms with van der Waals surface area (Å²) in [7, 11) is 0. The first-order chi connectivity index (χ1) is 12.6. The van der Waals surface area contributed by atoms with Gasteiger partial charge in [-0.25, -0.2) is 19.5 Å². The molecule has 0 unspecified atom stereocenters. The number of benzene rings is 1. The van der Waals surface area contributed by atoms with E-state index in [1.165, 1.54) is 11.3 Å². The maximum absolute atomic E-state index is 12.5. The number of rotatable bonds is 5. The largest absolute Gasteiger partial charge is 0.478 e. The van der Waals surface area contributed by atoms with Crippen LogP contribution in [-0.4, -0.2) is 47.9 Å². The van der Waals surface area contributed by atoms with Gasteiger partial charge in [0, 0.05) is 17.0 Å². The van der Waals surface area contributed by atoms with Crippen molar-refractivity contribution in [3.8, 4) is 11.3 Å². The highest BCUT2D eigenvalue weighted by Gasteiger charge is 2.30. The van der Waals surface area contributed by atoms with Gasteiger partial charge < -0.3 is 15.2 Å². The molecule has 0 atom stereocenters. The molecule has 1 amide bonds. The zero-order chi connectivity index (χ0) is 18.5. The lowest BCUT2D eigenvalue weighted by Crippen LogP contribution is -2.46. The van der Waals surface area contributed by atoms with Gasteiger partial charge in [-0.2, -0.15) is 0 Å². The van der Waals surface area contributed by atoms with Crippen molar-refractivity contribution in [1.29, 1.82) is 0 Å². The van der Waals surface area contributed by atoms with Gasteiger partial charge in [-0.3, -0.25) is 0 Å². The predicted molar refractivity (Wildman–Crippen MR) is 99.9 cm³/mol. The maximum atomic E-state index is 12.5. The van der Waals surface area contributed by atoms with E-state index < -0.39 is 5.97 Å². The number of carbonyl (C=O) groups is 2. The molecule has 0 bridgehead atoms. The SMILES string of the molecule is CCOC(=O)N(c1nc(-c2ccc(C(=O)O)cc2)cs1)C1CCNCC1. The Labute approximate surface area is 155 Å². The van der Waals surface area contributed by atoms with Crippen LogP contribution in [0.2, 0.25) is 0 Å². The number of carboxylic acid groups (broad SMARTS) is 1. The molecule has 1 aromatic heterocycles. The minimum Gasteiger partial charge on any atom is -0.478 e. The number of aromatic carboxylic acids is 1. The smallest absolute Gasteiger partial charge is 0.416 e. The van der Waals surface area contributed by atoms with Crippen LogP contribution in [0, 0.1) is 0 Å². The molecule has 8 heteroatoms. The molecule has 3 rings (SSSR count). The summed E-state index contributed by atoms with van der Waals surface area (Å²) in [6, 6.07) is 6.60. The summed E-state index contributed by atoms with van der Waals surface area (Å²) in [6.07, 6.45) is 1.32. The van der Waals surface area contributed by atoms with Crippen LogP contribution in [-0.2, 0) is 4.74 Å². The van der Waals surface area contributed by atoms with E-state index in [-0.39, 0.29) is 17.7 Å². The lowest BCUT2D eigenvalue weighted by molar-refractivity contribution is 0.0697. The van der Waals surface area contributed by atoms with Crippen LogP contribution in [0.1, 0.15) is 30.1 Å². The Kier molecular flexibility index (Phi) is 5.85. The number of piperidine rings is 1. The van der Waals surface area contributed by atoms with Gasteiger partial charge in [0.25, 0.3) is 0 Å². The van der Waals surface area contributed by atoms with Gasteiger partial charge in [0.2, 0.25) is 0 Å². The molecule has 0 aliphatic carbocycles. The zero-order valence-electron chi connectivity index (χ0n) is 14.5. The predicted octanol–water partition coefficient (Wildman–Crippen LogP) is 3.22. The molecule has 0 spiro atoms. The highest BCUT2D eigenvalue weighted by atomic mass is 32.1. The van der Waals surface area contributed by atoms with Gasteiger partial charge in [-0.1, -0.05) is 12.1 Å². The number of anilines is 1. The van der Waals surface area contributed by atoms with Crippen LogP contribution in [0.3, 0.4) is 0 Å². The summed E-state index contributed by atoms with van der Waals surface area (Å²) >= 11 is 1.39. The van der Waals surface area contributed by atoms with E-state index >= 15 is 0 Å². The molecular weight excluding hydrogens is 354 g/mol. The van der Waals surface area contributed by atoms with Crippen molar-refractivity contribution in [1.82, 2.24) is 10.3 Å². The van der Waals surface area contributed by atoms with Gasteiger partial charge in [0.1, 0.15) is 0 Å². The number of nitrogens with zero attached hydrogens (tertiary/aromatic N) is 2. The lowest BCUT2D eigenvalue weighted by Gasteiger charge is -2.31. The van der Waals surface area contributed by atoms with E-state index in [9.17, 15) is 9.59 Å². The maximum Gasteiger partial charge on any atom is 0.416 e. The highest BCUT2D eigenvalue weighted by molar-refractivity contribution is 7.14. The summed E-state index contributed by atoms with van der Waals surface area (Å²) in [5, 5.41) is 14.8. The number of hydrogen-bond donors (Lipinski definition) is 2. The quantitative estimate of drug-likeness (QED) is 0.834. The van der Waals surface area contributed by atoms with Crippen molar-refractivity contribution >= 4 is 28.5 Å². The Morgan fingerprint density at radius 2 is 2.00 bits per heavy atom.